The topological polar surface area (TPSA) is 24.9 Å². The third-order valence-electron chi connectivity index (χ3n) is 4.10. The van der Waals surface area contributed by atoms with Crippen LogP contribution in [0.4, 0.5) is 0 Å². The molecule has 88 valence electrons. The van der Waals surface area contributed by atoms with Crippen LogP contribution in [-0.4, -0.2) is 18.1 Å². The van der Waals surface area contributed by atoms with Crippen LogP contribution in [0.25, 0.3) is 0 Å². The highest BCUT2D eigenvalue weighted by Gasteiger charge is 2.35. The number of hydrogen-bond donors (Lipinski definition) is 1. The minimum atomic E-state index is 0.477. The Balaban J connectivity index is 2.06. The van der Waals surface area contributed by atoms with Crippen molar-refractivity contribution in [3.05, 3.63) is 30.1 Å². The Bertz CT molecular complexity index is 315. The first kappa shape index (κ1) is 11.6. The van der Waals surface area contributed by atoms with E-state index in [1.807, 2.05) is 18.5 Å². The Morgan fingerprint density at radius 1 is 1.44 bits per heavy atom. The van der Waals surface area contributed by atoms with Gasteiger partial charge >= 0.3 is 0 Å². The van der Waals surface area contributed by atoms with Gasteiger partial charge in [-0.2, -0.15) is 0 Å². The molecule has 0 bridgehead atoms. The summed E-state index contributed by atoms with van der Waals surface area (Å²) in [4.78, 5) is 4.19. The van der Waals surface area contributed by atoms with Gasteiger partial charge < -0.3 is 5.32 Å². The van der Waals surface area contributed by atoms with Crippen LogP contribution in [0.5, 0.6) is 0 Å². The van der Waals surface area contributed by atoms with Crippen LogP contribution in [-0.2, 0) is 6.42 Å². The SMILES string of the molecule is CNC(Cc1cccnc1)C1(C)CCCC1. The zero-order valence-corrected chi connectivity index (χ0v) is 10.4. The number of aromatic nitrogens is 1. The van der Waals surface area contributed by atoms with E-state index in [1.54, 1.807) is 0 Å². The monoisotopic (exact) mass is 218 g/mol. The van der Waals surface area contributed by atoms with E-state index in [-0.39, 0.29) is 0 Å². The summed E-state index contributed by atoms with van der Waals surface area (Å²) in [6.45, 7) is 2.43. The van der Waals surface area contributed by atoms with Crippen molar-refractivity contribution in [1.29, 1.82) is 0 Å². The van der Waals surface area contributed by atoms with Crippen LogP contribution >= 0.6 is 0 Å². The van der Waals surface area contributed by atoms with Crippen LogP contribution in [0.2, 0.25) is 0 Å². The summed E-state index contributed by atoms with van der Waals surface area (Å²) in [5, 5.41) is 3.51. The van der Waals surface area contributed by atoms with Gasteiger partial charge in [-0.05, 0) is 43.4 Å². The summed E-state index contributed by atoms with van der Waals surface area (Å²) in [6, 6.07) is 4.79. The summed E-state index contributed by atoms with van der Waals surface area (Å²) in [5.74, 6) is 0. The van der Waals surface area contributed by atoms with Gasteiger partial charge in [0.15, 0.2) is 0 Å². The molecule has 1 atom stereocenters. The Hall–Kier alpha value is -0.890. The van der Waals surface area contributed by atoms with Crippen molar-refractivity contribution in [1.82, 2.24) is 10.3 Å². The molecule has 0 saturated heterocycles. The molecule has 0 spiro atoms. The maximum absolute atomic E-state index is 4.19. The Morgan fingerprint density at radius 3 is 2.75 bits per heavy atom. The van der Waals surface area contributed by atoms with E-state index in [4.69, 9.17) is 0 Å². The van der Waals surface area contributed by atoms with Crippen molar-refractivity contribution < 1.29 is 0 Å². The third-order valence-corrected chi connectivity index (χ3v) is 4.10. The van der Waals surface area contributed by atoms with Gasteiger partial charge in [-0.15, -0.1) is 0 Å². The standard InChI is InChI=1S/C14H22N2/c1-14(7-3-4-8-14)13(15-2)10-12-6-5-9-16-11-12/h5-6,9,11,13,15H,3-4,7-8,10H2,1-2H3. The highest BCUT2D eigenvalue weighted by atomic mass is 14.9. The molecule has 2 rings (SSSR count). The van der Waals surface area contributed by atoms with Gasteiger partial charge in [-0.1, -0.05) is 25.8 Å². The molecular formula is C14H22N2. The first-order valence-corrected chi connectivity index (χ1v) is 6.31. The molecule has 0 aromatic carbocycles. The van der Waals surface area contributed by atoms with Gasteiger partial charge in [-0.25, -0.2) is 0 Å². The minimum Gasteiger partial charge on any atom is -0.316 e. The zero-order chi connectivity index (χ0) is 11.4. The molecule has 1 aliphatic rings. The molecule has 0 aliphatic heterocycles. The molecule has 1 unspecified atom stereocenters. The summed E-state index contributed by atoms with van der Waals surface area (Å²) in [6.07, 6.45) is 10.4. The lowest BCUT2D eigenvalue weighted by Gasteiger charge is -2.34. The van der Waals surface area contributed by atoms with E-state index >= 15 is 0 Å². The molecule has 1 aromatic rings. The van der Waals surface area contributed by atoms with Gasteiger partial charge in [-0.3, -0.25) is 4.98 Å². The Morgan fingerprint density at radius 2 is 2.19 bits per heavy atom. The highest BCUT2D eigenvalue weighted by molar-refractivity contribution is 5.12. The van der Waals surface area contributed by atoms with E-state index in [0.29, 0.717) is 11.5 Å². The second-order valence-electron chi connectivity index (χ2n) is 5.27. The molecule has 1 N–H and O–H groups in total. The minimum absolute atomic E-state index is 0.477. The lowest BCUT2D eigenvalue weighted by molar-refractivity contribution is 0.229. The first-order chi connectivity index (χ1) is 7.74. The number of likely N-dealkylation sites (N-methyl/N-ethyl adjacent to an activating group) is 1. The molecule has 2 nitrogen and oxygen atoms in total. The molecule has 1 fully saturated rings. The van der Waals surface area contributed by atoms with Gasteiger partial charge in [0.2, 0.25) is 0 Å². The van der Waals surface area contributed by atoms with Crippen molar-refractivity contribution >= 4 is 0 Å². The molecule has 2 heteroatoms. The zero-order valence-electron chi connectivity index (χ0n) is 10.4. The molecule has 1 saturated carbocycles. The van der Waals surface area contributed by atoms with Crippen molar-refractivity contribution in [2.75, 3.05) is 7.05 Å². The number of rotatable bonds is 4. The lowest BCUT2D eigenvalue weighted by Crippen LogP contribution is -2.41. The number of pyridine rings is 1. The summed E-state index contributed by atoms with van der Waals surface area (Å²) in [7, 11) is 2.09. The number of nitrogens with one attached hydrogen (secondary N) is 1. The number of nitrogens with zero attached hydrogens (tertiary/aromatic N) is 1. The van der Waals surface area contributed by atoms with E-state index in [1.165, 1.54) is 31.2 Å². The van der Waals surface area contributed by atoms with E-state index in [9.17, 15) is 0 Å². The second kappa shape index (κ2) is 4.96. The van der Waals surface area contributed by atoms with Gasteiger partial charge in [0.25, 0.3) is 0 Å². The van der Waals surface area contributed by atoms with Crippen LogP contribution in [0.15, 0.2) is 24.5 Å². The molecule has 1 heterocycles. The predicted molar refractivity (Wildman–Crippen MR) is 67.4 cm³/mol. The largest absolute Gasteiger partial charge is 0.316 e. The molecular weight excluding hydrogens is 196 g/mol. The average Bonchev–Trinajstić information content (AvgIpc) is 2.75. The molecule has 16 heavy (non-hydrogen) atoms. The van der Waals surface area contributed by atoms with Crippen LogP contribution < -0.4 is 5.32 Å². The van der Waals surface area contributed by atoms with Crippen molar-refractivity contribution in [3.8, 4) is 0 Å². The van der Waals surface area contributed by atoms with Gasteiger partial charge in [0.1, 0.15) is 0 Å². The predicted octanol–water partition coefficient (Wildman–Crippen LogP) is 2.79. The summed E-state index contributed by atoms with van der Waals surface area (Å²) < 4.78 is 0. The van der Waals surface area contributed by atoms with Crippen LogP contribution in [0, 0.1) is 5.41 Å². The molecule has 1 aliphatic carbocycles. The lowest BCUT2D eigenvalue weighted by atomic mass is 9.78. The fourth-order valence-electron chi connectivity index (χ4n) is 2.98. The fourth-order valence-corrected chi connectivity index (χ4v) is 2.98. The van der Waals surface area contributed by atoms with Crippen molar-refractivity contribution in [2.45, 2.75) is 45.1 Å². The smallest absolute Gasteiger partial charge is 0.0300 e. The maximum atomic E-state index is 4.19. The molecule has 1 aromatic heterocycles. The fraction of sp³-hybridized carbons (Fsp3) is 0.643. The van der Waals surface area contributed by atoms with Crippen LogP contribution in [0.3, 0.4) is 0 Å². The maximum Gasteiger partial charge on any atom is 0.0300 e. The Labute approximate surface area is 98.5 Å². The van der Waals surface area contributed by atoms with Gasteiger partial charge in [0, 0.05) is 18.4 Å². The van der Waals surface area contributed by atoms with E-state index in [0.717, 1.165) is 6.42 Å². The molecule has 0 radical (unpaired) electrons. The van der Waals surface area contributed by atoms with Crippen molar-refractivity contribution in [3.63, 3.8) is 0 Å². The summed E-state index contributed by atoms with van der Waals surface area (Å²) in [5.41, 5.74) is 1.82. The normalized spacial score (nSPS) is 20.9. The third kappa shape index (κ3) is 2.43. The first-order valence-electron chi connectivity index (χ1n) is 6.31. The Kier molecular flexibility index (Phi) is 3.59. The number of hydrogen-bond acceptors (Lipinski definition) is 2. The highest BCUT2D eigenvalue weighted by Crippen LogP contribution is 2.41. The van der Waals surface area contributed by atoms with Crippen LogP contribution in [0.1, 0.15) is 38.2 Å². The van der Waals surface area contributed by atoms with Gasteiger partial charge in [0.05, 0.1) is 0 Å². The molecule has 0 amide bonds. The second-order valence-corrected chi connectivity index (χ2v) is 5.27. The van der Waals surface area contributed by atoms with E-state index in [2.05, 4.69) is 30.3 Å². The van der Waals surface area contributed by atoms with E-state index < -0.39 is 0 Å². The quantitative estimate of drug-likeness (QED) is 0.840. The summed E-state index contributed by atoms with van der Waals surface area (Å²) >= 11 is 0. The average molecular weight is 218 g/mol. The van der Waals surface area contributed by atoms with Crippen molar-refractivity contribution in [2.24, 2.45) is 5.41 Å².